The fourth-order valence-electron chi connectivity index (χ4n) is 0.871. The van der Waals surface area contributed by atoms with E-state index in [2.05, 4.69) is 11.8 Å². The Morgan fingerprint density at radius 2 is 1.39 bits per heavy atom. The minimum atomic E-state index is -2.91. The second-order valence-corrected chi connectivity index (χ2v) is 3.88. The maximum atomic E-state index is 11.4. The van der Waals surface area contributed by atoms with E-state index in [-0.39, 0.29) is 12.8 Å². The summed E-state index contributed by atoms with van der Waals surface area (Å²) in [4.78, 5) is 20.0. The molecule has 0 spiro atoms. The standard InChI is InChI=1S/C12H11O5P/c1-3-11(7-5-9-13)16-18(15)17-12(4-2)8-6-10-14/h1-2,5-6,11-12,18H,7-8H2. The fourth-order valence-corrected chi connectivity index (χ4v) is 1.72. The molecule has 0 aliphatic carbocycles. The highest BCUT2D eigenvalue weighted by molar-refractivity contribution is 7.33. The third kappa shape index (κ3) is 7.44. The van der Waals surface area contributed by atoms with Crippen LogP contribution < -0.4 is 0 Å². The first kappa shape index (κ1) is 16.2. The summed E-state index contributed by atoms with van der Waals surface area (Å²) in [6.45, 7) is 0. The summed E-state index contributed by atoms with van der Waals surface area (Å²) in [5.74, 6) is 7.43. The molecule has 2 unspecified atom stereocenters. The van der Waals surface area contributed by atoms with Crippen LogP contribution in [0.5, 0.6) is 0 Å². The van der Waals surface area contributed by atoms with Crippen LogP contribution in [0.4, 0.5) is 0 Å². The minimum Gasteiger partial charge on any atom is -0.294 e. The summed E-state index contributed by atoms with van der Waals surface area (Å²) >= 11 is 0. The van der Waals surface area contributed by atoms with Gasteiger partial charge in [0.1, 0.15) is 24.1 Å². The van der Waals surface area contributed by atoms with Gasteiger partial charge in [0.15, 0.2) is 0 Å². The summed E-state index contributed by atoms with van der Waals surface area (Å²) in [5, 5.41) is 0. The Bertz CT molecular complexity index is 416. The smallest absolute Gasteiger partial charge is 0.294 e. The lowest BCUT2D eigenvalue weighted by atomic mass is 10.3. The van der Waals surface area contributed by atoms with Crippen molar-refractivity contribution in [2.45, 2.75) is 25.0 Å². The molecule has 0 saturated carbocycles. The molecular formula is C12H11O5P. The highest BCUT2D eigenvalue weighted by atomic mass is 31.1. The first-order valence-electron chi connectivity index (χ1n) is 4.86. The van der Waals surface area contributed by atoms with Crippen LogP contribution in [0, 0.1) is 24.7 Å². The molecule has 6 heteroatoms. The van der Waals surface area contributed by atoms with Crippen LogP contribution in [0.3, 0.4) is 0 Å². The first-order chi connectivity index (χ1) is 8.67. The molecule has 0 heterocycles. The van der Waals surface area contributed by atoms with Crippen molar-refractivity contribution in [3.05, 3.63) is 12.2 Å². The second kappa shape index (κ2) is 10.3. The van der Waals surface area contributed by atoms with Gasteiger partial charge in [-0.1, -0.05) is 11.8 Å². The molecule has 0 N–H and O–H groups in total. The average Bonchev–Trinajstić information content (AvgIpc) is 2.39. The number of hydrogen-bond donors (Lipinski definition) is 0. The van der Waals surface area contributed by atoms with Crippen LogP contribution in [0.2, 0.25) is 0 Å². The molecule has 0 radical (unpaired) electrons. The van der Waals surface area contributed by atoms with Gasteiger partial charge in [-0.25, -0.2) is 9.59 Å². The summed E-state index contributed by atoms with van der Waals surface area (Å²) in [7, 11) is -2.91. The Hall–Kier alpha value is -1.83. The Kier molecular flexibility index (Phi) is 9.28. The van der Waals surface area contributed by atoms with E-state index >= 15 is 0 Å². The lowest BCUT2D eigenvalue weighted by Crippen LogP contribution is -2.09. The lowest BCUT2D eigenvalue weighted by molar-refractivity contribution is 0.178. The zero-order valence-electron chi connectivity index (χ0n) is 9.42. The van der Waals surface area contributed by atoms with Crippen LogP contribution >= 0.6 is 8.25 Å². The Morgan fingerprint density at radius 1 is 1.00 bits per heavy atom. The lowest BCUT2D eigenvalue weighted by Gasteiger charge is -2.12. The zero-order valence-corrected chi connectivity index (χ0v) is 10.4. The zero-order chi connectivity index (χ0) is 13.8. The Balaban J connectivity index is 4.31. The normalized spacial score (nSPS) is 13.9. The highest BCUT2D eigenvalue weighted by Gasteiger charge is 2.13. The van der Waals surface area contributed by atoms with Crippen molar-refractivity contribution < 1.29 is 23.2 Å². The first-order valence-corrected chi connectivity index (χ1v) is 6.08. The molecule has 0 aliphatic rings. The molecule has 2 atom stereocenters. The molecule has 18 heavy (non-hydrogen) atoms. The summed E-state index contributed by atoms with van der Waals surface area (Å²) in [6, 6.07) is 0. The van der Waals surface area contributed by atoms with E-state index in [1.54, 1.807) is 0 Å². The van der Waals surface area contributed by atoms with Gasteiger partial charge in [-0.2, -0.15) is 0 Å². The van der Waals surface area contributed by atoms with E-state index in [0.717, 1.165) is 12.2 Å². The van der Waals surface area contributed by atoms with Crippen molar-refractivity contribution in [1.29, 1.82) is 0 Å². The van der Waals surface area contributed by atoms with Gasteiger partial charge < -0.3 is 0 Å². The molecule has 0 aromatic heterocycles. The summed E-state index contributed by atoms with van der Waals surface area (Å²) in [6.07, 6.45) is 10.9. The van der Waals surface area contributed by atoms with Crippen LogP contribution in [0.25, 0.3) is 0 Å². The van der Waals surface area contributed by atoms with Crippen LogP contribution in [0.1, 0.15) is 12.8 Å². The Morgan fingerprint density at radius 3 is 1.67 bits per heavy atom. The van der Waals surface area contributed by atoms with Gasteiger partial charge in [-0.3, -0.25) is 13.6 Å². The SMILES string of the molecule is C#CC(CC=C=O)O[PH](=O)OC(C#C)CC=C=O. The van der Waals surface area contributed by atoms with Gasteiger partial charge in [0.25, 0.3) is 0 Å². The van der Waals surface area contributed by atoms with Crippen LogP contribution in [-0.4, -0.2) is 24.1 Å². The fraction of sp³-hybridized carbons (Fsp3) is 0.333. The van der Waals surface area contributed by atoms with Gasteiger partial charge >= 0.3 is 8.25 Å². The molecule has 0 bridgehead atoms. The van der Waals surface area contributed by atoms with Crippen molar-refractivity contribution in [3.8, 4) is 24.7 Å². The van der Waals surface area contributed by atoms with Crippen molar-refractivity contribution >= 4 is 20.1 Å². The van der Waals surface area contributed by atoms with E-state index < -0.39 is 20.5 Å². The monoisotopic (exact) mass is 266 g/mol. The maximum Gasteiger partial charge on any atom is 0.321 e. The van der Waals surface area contributed by atoms with E-state index in [4.69, 9.17) is 21.9 Å². The third-order valence-corrected chi connectivity index (χ3v) is 2.63. The van der Waals surface area contributed by atoms with E-state index in [0.29, 0.717) is 0 Å². The molecule has 94 valence electrons. The Labute approximate surface area is 106 Å². The van der Waals surface area contributed by atoms with Gasteiger partial charge in [0, 0.05) is 25.0 Å². The number of hydrogen-bond acceptors (Lipinski definition) is 5. The van der Waals surface area contributed by atoms with Gasteiger partial charge in [0.05, 0.1) is 0 Å². The molecule has 0 rings (SSSR count). The van der Waals surface area contributed by atoms with Gasteiger partial charge in [0.2, 0.25) is 0 Å². The van der Waals surface area contributed by atoms with Crippen molar-refractivity contribution in [2.75, 3.05) is 0 Å². The number of terminal acetylenes is 2. The predicted molar refractivity (Wildman–Crippen MR) is 66.2 cm³/mol. The molecular weight excluding hydrogens is 255 g/mol. The molecule has 0 aromatic carbocycles. The quantitative estimate of drug-likeness (QED) is 0.372. The molecule has 5 nitrogen and oxygen atoms in total. The van der Waals surface area contributed by atoms with E-state index in [9.17, 15) is 14.2 Å². The maximum absolute atomic E-state index is 11.4. The topological polar surface area (TPSA) is 69.7 Å². The molecule has 0 aliphatic heterocycles. The largest absolute Gasteiger partial charge is 0.321 e. The predicted octanol–water partition coefficient (Wildman–Crippen LogP) is 0.969. The molecule has 0 amide bonds. The van der Waals surface area contributed by atoms with E-state index in [1.165, 1.54) is 11.9 Å². The van der Waals surface area contributed by atoms with Crippen molar-refractivity contribution in [3.63, 3.8) is 0 Å². The van der Waals surface area contributed by atoms with E-state index in [1.807, 2.05) is 0 Å². The van der Waals surface area contributed by atoms with Gasteiger partial charge in [-0.15, -0.1) is 12.8 Å². The molecule has 0 aromatic rings. The molecule has 0 saturated heterocycles. The van der Waals surface area contributed by atoms with Crippen LogP contribution in [0.15, 0.2) is 12.2 Å². The van der Waals surface area contributed by atoms with Crippen molar-refractivity contribution in [2.24, 2.45) is 0 Å². The number of rotatable bonds is 8. The average molecular weight is 266 g/mol. The second-order valence-electron chi connectivity index (χ2n) is 2.91. The van der Waals surface area contributed by atoms with Crippen molar-refractivity contribution in [1.82, 2.24) is 0 Å². The molecule has 0 fully saturated rings. The highest BCUT2D eigenvalue weighted by Crippen LogP contribution is 2.29. The minimum absolute atomic E-state index is 0.0781. The third-order valence-electron chi connectivity index (χ3n) is 1.68. The van der Waals surface area contributed by atoms with Crippen LogP contribution in [-0.2, 0) is 23.2 Å². The van der Waals surface area contributed by atoms with Gasteiger partial charge in [-0.05, 0) is 0 Å². The summed E-state index contributed by atoms with van der Waals surface area (Å²) < 4.78 is 21.2. The number of carbonyl (C=O) groups excluding carboxylic acids is 2. The summed E-state index contributed by atoms with van der Waals surface area (Å²) in [5.41, 5.74) is 0.